The van der Waals surface area contributed by atoms with Gasteiger partial charge in [0, 0.05) is 6.54 Å². The summed E-state index contributed by atoms with van der Waals surface area (Å²) in [4.78, 5) is 40.4. The Morgan fingerprint density at radius 2 is 1.72 bits per heavy atom. The van der Waals surface area contributed by atoms with Crippen molar-refractivity contribution >= 4 is 17.8 Å². The minimum atomic E-state index is -1.35. The predicted molar refractivity (Wildman–Crippen MR) is 123 cm³/mol. The normalized spacial score (nSPS) is 21.5. The summed E-state index contributed by atoms with van der Waals surface area (Å²) in [6.45, 7) is 4.31. The van der Waals surface area contributed by atoms with E-state index in [-0.39, 0.29) is 12.5 Å². The van der Waals surface area contributed by atoms with Crippen LogP contribution in [0.4, 0.5) is 4.79 Å². The second-order valence-corrected chi connectivity index (χ2v) is 9.04. The molecule has 1 aliphatic carbocycles. The summed E-state index contributed by atoms with van der Waals surface area (Å²) in [6, 6.07) is 14.4. The lowest BCUT2D eigenvalue weighted by molar-refractivity contribution is -0.134. The van der Waals surface area contributed by atoms with E-state index >= 15 is 0 Å². The Morgan fingerprint density at radius 1 is 1.00 bits per heavy atom. The molecule has 1 atom stereocenters. The van der Waals surface area contributed by atoms with E-state index in [1.165, 1.54) is 19.3 Å². The first-order valence-corrected chi connectivity index (χ1v) is 11.5. The van der Waals surface area contributed by atoms with Gasteiger partial charge >= 0.3 is 6.03 Å². The molecule has 6 nitrogen and oxygen atoms in total. The largest absolute Gasteiger partial charge is 0.354 e. The Hall–Kier alpha value is -3.15. The van der Waals surface area contributed by atoms with Crippen LogP contribution in [0, 0.1) is 19.8 Å². The lowest BCUT2D eigenvalue weighted by Crippen LogP contribution is -2.46. The Kier molecular flexibility index (Phi) is 6.31. The number of aryl methyl sites for hydroxylation is 2. The molecule has 4 amide bonds. The standard InChI is InChI=1S/C26H31N3O3/c1-18-13-14-22(15-19(18)2)26(21-11-7-4-8-12-21)24(31)29(25(32)28-26)17-23(30)27-16-20-9-5-3-6-10-20/h4,7-8,11-15,20H,3,5-6,9-10,16-17H2,1-2H3,(H,27,30)(H,28,32). The fourth-order valence-corrected chi connectivity index (χ4v) is 4.79. The minimum absolute atomic E-state index is 0.281. The van der Waals surface area contributed by atoms with Crippen LogP contribution in [0.2, 0.25) is 0 Å². The molecule has 2 fully saturated rings. The number of hydrogen-bond donors (Lipinski definition) is 2. The summed E-state index contributed by atoms with van der Waals surface area (Å²) in [5.74, 6) is -0.248. The summed E-state index contributed by atoms with van der Waals surface area (Å²) in [6.07, 6.45) is 5.89. The van der Waals surface area contributed by atoms with E-state index in [9.17, 15) is 14.4 Å². The quantitative estimate of drug-likeness (QED) is 0.681. The molecule has 1 heterocycles. The zero-order valence-electron chi connectivity index (χ0n) is 18.8. The lowest BCUT2D eigenvalue weighted by atomic mass is 9.81. The fourth-order valence-electron chi connectivity index (χ4n) is 4.79. The minimum Gasteiger partial charge on any atom is -0.354 e. The molecule has 2 N–H and O–H groups in total. The van der Waals surface area contributed by atoms with Crippen molar-refractivity contribution in [3.05, 3.63) is 70.8 Å². The summed E-state index contributed by atoms with van der Waals surface area (Å²) >= 11 is 0. The first kappa shape index (κ1) is 22.1. The van der Waals surface area contributed by atoms with Gasteiger partial charge in [0.15, 0.2) is 5.54 Å². The van der Waals surface area contributed by atoms with Crippen molar-refractivity contribution in [2.75, 3.05) is 13.1 Å². The van der Waals surface area contributed by atoms with E-state index in [1.807, 2.05) is 62.4 Å². The summed E-state index contributed by atoms with van der Waals surface area (Å²) in [5, 5.41) is 5.85. The summed E-state index contributed by atoms with van der Waals surface area (Å²) in [5.41, 5.74) is 2.15. The highest BCUT2D eigenvalue weighted by Gasteiger charge is 2.54. The number of imide groups is 1. The topological polar surface area (TPSA) is 78.5 Å². The highest BCUT2D eigenvalue weighted by atomic mass is 16.2. The van der Waals surface area contributed by atoms with Gasteiger partial charge in [0.1, 0.15) is 6.54 Å². The van der Waals surface area contributed by atoms with Crippen molar-refractivity contribution in [1.82, 2.24) is 15.5 Å². The Bertz CT molecular complexity index is 1010. The second kappa shape index (κ2) is 9.15. The van der Waals surface area contributed by atoms with Crippen molar-refractivity contribution in [3.8, 4) is 0 Å². The van der Waals surface area contributed by atoms with Crippen molar-refractivity contribution in [2.24, 2.45) is 5.92 Å². The van der Waals surface area contributed by atoms with Crippen LogP contribution < -0.4 is 10.6 Å². The van der Waals surface area contributed by atoms with Gasteiger partial charge in [-0.2, -0.15) is 0 Å². The van der Waals surface area contributed by atoms with Crippen LogP contribution in [0.15, 0.2) is 48.5 Å². The molecule has 0 aromatic heterocycles. The van der Waals surface area contributed by atoms with Gasteiger partial charge in [0.05, 0.1) is 0 Å². The van der Waals surface area contributed by atoms with Gasteiger partial charge in [0.25, 0.3) is 5.91 Å². The number of urea groups is 1. The van der Waals surface area contributed by atoms with Crippen LogP contribution in [-0.2, 0) is 15.1 Å². The number of hydrogen-bond acceptors (Lipinski definition) is 3. The molecular formula is C26H31N3O3. The SMILES string of the molecule is Cc1ccc(C2(c3ccccc3)NC(=O)N(CC(=O)NCC3CCCCC3)C2=O)cc1C. The molecule has 0 spiro atoms. The first-order chi connectivity index (χ1) is 15.4. The molecule has 2 aromatic rings. The van der Waals surface area contributed by atoms with Crippen LogP contribution in [-0.4, -0.2) is 35.8 Å². The Morgan fingerprint density at radius 3 is 2.41 bits per heavy atom. The van der Waals surface area contributed by atoms with Gasteiger partial charge < -0.3 is 10.6 Å². The third-order valence-electron chi connectivity index (χ3n) is 6.87. The zero-order valence-corrected chi connectivity index (χ0v) is 18.8. The van der Waals surface area contributed by atoms with Crippen molar-refractivity contribution in [2.45, 2.75) is 51.5 Å². The van der Waals surface area contributed by atoms with E-state index < -0.39 is 17.5 Å². The van der Waals surface area contributed by atoms with E-state index in [0.717, 1.165) is 28.9 Å². The molecule has 0 radical (unpaired) electrons. The molecule has 1 unspecified atom stereocenters. The van der Waals surface area contributed by atoms with Crippen molar-refractivity contribution < 1.29 is 14.4 Å². The molecule has 1 saturated heterocycles. The number of rotatable bonds is 6. The highest BCUT2D eigenvalue weighted by molar-refractivity contribution is 6.11. The van der Waals surface area contributed by atoms with E-state index in [4.69, 9.17) is 0 Å². The average molecular weight is 434 g/mol. The predicted octanol–water partition coefficient (Wildman–Crippen LogP) is 3.80. The van der Waals surface area contributed by atoms with E-state index in [1.54, 1.807) is 0 Å². The van der Waals surface area contributed by atoms with Crippen LogP contribution >= 0.6 is 0 Å². The van der Waals surface area contributed by atoms with Gasteiger partial charge in [-0.05, 0) is 54.9 Å². The smallest absolute Gasteiger partial charge is 0.326 e. The molecule has 32 heavy (non-hydrogen) atoms. The van der Waals surface area contributed by atoms with Gasteiger partial charge in [-0.15, -0.1) is 0 Å². The van der Waals surface area contributed by atoms with Gasteiger partial charge in [-0.1, -0.05) is 67.8 Å². The Labute approximate surface area is 189 Å². The molecule has 2 aliphatic rings. The number of amides is 4. The molecule has 6 heteroatoms. The molecule has 4 rings (SSSR count). The molecule has 168 valence electrons. The van der Waals surface area contributed by atoms with Crippen LogP contribution in [0.5, 0.6) is 0 Å². The summed E-state index contributed by atoms with van der Waals surface area (Å²) < 4.78 is 0. The third-order valence-corrected chi connectivity index (χ3v) is 6.87. The van der Waals surface area contributed by atoms with Gasteiger partial charge in [-0.25, -0.2) is 4.79 Å². The maximum atomic E-state index is 13.7. The number of carbonyl (C=O) groups is 3. The first-order valence-electron chi connectivity index (χ1n) is 11.5. The maximum absolute atomic E-state index is 13.7. The molecule has 2 aromatic carbocycles. The van der Waals surface area contributed by atoms with E-state index in [2.05, 4.69) is 10.6 Å². The monoisotopic (exact) mass is 433 g/mol. The van der Waals surface area contributed by atoms with E-state index in [0.29, 0.717) is 23.6 Å². The lowest BCUT2D eigenvalue weighted by Gasteiger charge is -2.28. The van der Waals surface area contributed by atoms with Crippen LogP contribution in [0.3, 0.4) is 0 Å². The van der Waals surface area contributed by atoms with Gasteiger partial charge in [-0.3, -0.25) is 14.5 Å². The fraction of sp³-hybridized carbons (Fsp3) is 0.423. The molecule has 1 saturated carbocycles. The molecule has 1 aliphatic heterocycles. The Balaban J connectivity index is 1.59. The zero-order chi connectivity index (χ0) is 22.7. The highest BCUT2D eigenvalue weighted by Crippen LogP contribution is 2.36. The number of benzene rings is 2. The van der Waals surface area contributed by atoms with Crippen LogP contribution in [0.25, 0.3) is 0 Å². The molecular weight excluding hydrogens is 402 g/mol. The second-order valence-electron chi connectivity index (χ2n) is 9.04. The average Bonchev–Trinajstić information content (AvgIpc) is 3.06. The van der Waals surface area contributed by atoms with Crippen molar-refractivity contribution in [1.29, 1.82) is 0 Å². The third kappa shape index (κ3) is 4.14. The van der Waals surface area contributed by atoms with Crippen molar-refractivity contribution in [3.63, 3.8) is 0 Å². The molecule has 0 bridgehead atoms. The van der Waals surface area contributed by atoms with Crippen LogP contribution in [0.1, 0.15) is 54.4 Å². The number of nitrogens with zero attached hydrogens (tertiary/aromatic N) is 1. The van der Waals surface area contributed by atoms with Gasteiger partial charge in [0.2, 0.25) is 5.91 Å². The maximum Gasteiger partial charge on any atom is 0.326 e. The number of nitrogens with one attached hydrogen (secondary N) is 2. The number of carbonyl (C=O) groups excluding carboxylic acids is 3. The summed E-state index contributed by atoms with van der Waals surface area (Å²) in [7, 11) is 0.